The molecule has 0 bridgehead atoms. The summed E-state index contributed by atoms with van der Waals surface area (Å²) in [6.07, 6.45) is 4.42. The van der Waals surface area contributed by atoms with E-state index in [-0.39, 0.29) is 17.5 Å². The summed E-state index contributed by atoms with van der Waals surface area (Å²) in [4.78, 5) is 38.9. The van der Waals surface area contributed by atoms with Crippen LogP contribution >= 0.6 is 0 Å². The molecule has 1 fully saturated rings. The number of hydrogen-bond acceptors (Lipinski definition) is 8. The van der Waals surface area contributed by atoms with Crippen LogP contribution in [0.1, 0.15) is 0 Å². The standard InChI is InChI=1S/C19H15N7O3/c27-18(24-14-5-12-3-1-2-4-15(12)29-19(14)28)13-7-25(8-13)16-6-17(22-10-21-16)26-11-20-9-23-26/h1-6,9-11,13H,7-8H2,(H,24,27). The van der Waals surface area contributed by atoms with Gasteiger partial charge in [-0.15, -0.1) is 0 Å². The Hall–Kier alpha value is -4.08. The Kier molecular flexibility index (Phi) is 4.01. The Labute approximate surface area is 163 Å². The van der Waals surface area contributed by atoms with Gasteiger partial charge in [0, 0.05) is 24.5 Å². The highest BCUT2D eigenvalue weighted by Gasteiger charge is 2.34. The average molecular weight is 389 g/mol. The number of aromatic nitrogens is 5. The van der Waals surface area contributed by atoms with Crippen molar-refractivity contribution in [3.8, 4) is 5.82 Å². The van der Waals surface area contributed by atoms with Gasteiger partial charge in [-0.3, -0.25) is 4.79 Å². The lowest BCUT2D eigenvalue weighted by Gasteiger charge is -2.38. The van der Waals surface area contributed by atoms with E-state index < -0.39 is 5.63 Å². The first-order valence-corrected chi connectivity index (χ1v) is 8.93. The molecular weight excluding hydrogens is 374 g/mol. The zero-order chi connectivity index (χ0) is 19.8. The molecule has 4 heterocycles. The van der Waals surface area contributed by atoms with Crippen molar-refractivity contribution in [1.29, 1.82) is 0 Å². The first-order chi connectivity index (χ1) is 14.2. The first-order valence-electron chi connectivity index (χ1n) is 8.93. The van der Waals surface area contributed by atoms with Gasteiger partial charge in [-0.25, -0.2) is 24.4 Å². The van der Waals surface area contributed by atoms with Crippen molar-refractivity contribution < 1.29 is 9.21 Å². The average Bonchev–Trinajstić information content (AvgIpc) is 3.23. The van der Waals surface area contributed by atoms with Crippen LogP contribution in [0.25, 0.3) is 16.8 Å². The maximum Gasteiger partial charge on any atom is 0.360 e. The fourth-order valence-electron chi connectivity index (χ4n) is 3.18. The molecule has 0 radical (unpaired) electrons. The summed E-state index contributed by atoms with van der Waals surface area (Å²) < 4.78 is 6.79. The van der Waals surface area contributed by atoms with E-state index in [0.29, 0.717) is 30.3 Å². The Morgan fingerprint density at radius 1 is 1.10 bits per heavy atom. The monoisotopic (exact) mass is 389 g/mol. The molecule has 4 aromatic rings. The van der Waals surface area contributed by atoms with Crippen molar-refractivity contribution >= 4 is 28.4 Å². The lowest BCUT2D eigenvalue weighted by atomic mass is 9.99. The van der Waals surface area contributed by atoms with Crippen LogP contribution in [0.3, 0.4) is 0 Å². The van der Waals surface area contributed by atoms with E-state index in [1.54, 1.807) is 30.6 Å². The maximum atomic E-state index is 12.5. The zero-order valence-corrected chi connectivity index (χ0v) is 15.1. The van der Waals surface area contributed by atoms with E-state index in [0.717, 1.165) is 5.39 Å². The fourth-order valence-corrected chi connectivity index (χ4v) is 3.18. The number of hydrogen-bond donors (Lipinski definition) is 1. The largest absolute Gasteiger partial charge is 0.421 e. The molecule has 0 unspecified atom stereocenters. The molecule has 1 aromatic carbocycles. The van der Waals surface area contributed by atoms with Crippen LogP contribution in [0.2, 0.25) is 0 Å². The minimum Gasteiger partial charge on any atom is -0.421 e. The lowest BCUT2D eigenvalue weighted by molar-refractivity contribution is -0.120. The Bertz CT molecular complexity index is 1250. The fraction of sp³-hybridized carbons (Fsp3) is 0.158. The van der Waals surface area contributed by atoms with Crippen molar-refractivity contribution in [2.24, 2.45) is 5.92 Å². The quantitative estimate of drug-likeness (QED) is 0.518. The molecule has 1 aliphatic heterocycles. The molecule has 10 heteroatoms. The van der Waals surface area contributed by atoms with Crippen LogP contribution in [-0.2, 0) is 4.79 Å². The molecule has 1 saturated heterocycles. The number of carbonyl (C=O) groups excluding carboxylic acids is 1. The van der Waals surface area contributed by atoms with Gasteiger partial charge in [0.25, 0.3) is 0 Å². The van der Waals surface area contributed by atoms with Gasteiger partial charge in [0.05, 0.1) is 5.92 Å². The second-order valence-electron chi connectivity index (χ2n) is 6.65. The van der Waals surface area contributed by atoms with E-state index in [4.69, 9.17) is 4.42 Å². The van der Waals surface area contributed by atoms with Crippen molar-refractivity contribution in [1.82, 2.24) is 24.7 Å². The summed E-state index contributed by atoms with van der Waals surface area (Å²) in [5.74, 6) is 0.800. The number of fused-ring (bicyclic) bond motifs is 1. The summed E-state index contributed by atoms with van der Waals surface area (Å²) >= 11 is 0. The molecule has 0 aliphatic carbocycles. The molecule has 1 N–H and O–H groups in total. The van der Waals surface area contributed by atoms with Gasteiger partial charge in [-0.05, 0) is 12.1 Å². The Morgan fingerprint density at radius 3 is 2.76 bits per heavy atom. The predicted molar refractivity (Wildman–Crippen MR) is 104 cm³/mol. The number of carbonyl (C=O) groups is 1. The highest BCUT2D eigenvalue weighted by molar-refractivity contribution is 5.95. The summed E-state index contributed by atoms with van der Waals surface area (Å²) in [5.41, 5.74) is 0.0569. The molecule has 3 aromatic heterocycles. The highest BCUT2D eigenvalue weighted by Crippen LogP contribution is 2.24. The molecule has 0 saturated carbocycles. The van der Waals surface area contributed by atoms with Crippen molar-refractivity contribution in [2.75, 3.05) is 23.3 Å². The molecular formula is C19H15N7O3. The van der Waals surface area contributed by atoms with E-state index in [1.807, 2.05) is 17.0 Å². The van der Waals surface area contributed by atoms with Crippen LogP contribution in [0.5, 0.6) is 0 Å². The van der Waals surface area contributed by atoms with Gasteiger partial charge in [-0.1, -0.05) is 18.2 Å². The molecule has 0 spiro atoms. The summed E-state index contributed by atoms with van der Waals surface area (Å²) in [5, 5.41) is 7.48. The summed E-state index contributed by atoms with van der Waals surface area (Å²) in [6.45, 7) is 0.969. The van der Waals surface area contributed by atoms with Gasteiger partial charge in [0.2, 0.25) is 5.91 Å². The number of anilines is 2. The number of nitrogens with one attached hydrogen (secondary N) is 1. The minimum atomic E-state index is -0.568. The molecule has 5 rings (SSSR count). The number of benzene rings is 1. The van der Waals surface area contributed by atoms with Crippen LogP contribution in [0.4, 0.5) is 11.5 Å². The number of rotatable bonds is 4. The molecule has 1 amide bonds. The smallest absolute Gasteiger partial charge is 0.360 e. The third kappa shape index (κ3) is 3.20. The van der Waals surface area contributed by atoms with Crippen LogP contribution in [0, 0.1) is 5.92 Å². The third-order valence-corrected chi connectivity index (χ3v) is 4.77. The van der Waals surface area contributed by atoms with Gasteiger partial charge in [0.15, 0.2) is 5.82 Å². The summed E-state index contributed by atoms with van der Waals surface area (Å²) in [6, 6.07) is 10.6. The number of nitrogens with zero attached hydrogens (tertiary/aromatic N) is 6. The van der Waals surface area contributed by atoms with E-state index in [1.165, 1.54) is 17.3 Å². The van der Waals surface area contributed by atoms with Gasteiger partial charge < -0.3 is 14.6 Å². The first kappa shape index (κ1) is 17.0. The van der Waals surface area contributed by atoms with Crippen LogP contribution in [-0.4, -0.2) is 43.7 Å². The van der Waals surface area contributed by atoms with Gasteiger partial charge in [0.1, 0.15) is 36.1 Å². The molecule has 144 valence electrons. The Morgan fingerprint density at radius 2 is 1.93 bits per heavy atom. The highest BCUT2D eigenvalue weighted by atomic mass is 16.4. The molecule has 29 heavy (non-hydrogen) atoms. The topological polar surface area (TPSA) is 119 Å². The lowest BCUT2D eigenvalue weighted by Crippen LogP contribution is -2.52. The number of para-hydroxylation sites is 1. The molecule has 10 nitrogen and oxygen atoms in total. The second kappa shape index (κ2) is 6.82. The maximum absolute atomic E-state index is 12.5. The summed E-state index contributed by atoms with van der Waals surface area (Å²) in [7, 11) is 0. The SMILES string of the molecule is O=C(Nc1cc2ccccc2oc1=O)C1CN(c2cc(-n3cncn3)ncn2)C1. The van der Waals surface area contributed by atoms with E-state index in [9.17, 15) is 9.59 Å². The third-order valence-electron chi connectivity index (χ3n) is 4.77. The predicted octanol–water partition coefficient (Wildman–Crippen LogP) is 1.24. The van der Waals surface area contributed by atoms with Gasteiger partial charge >= 0.3 is 5.63 Å². The molecule has 0 atom stereocenters. The Balaban J connectivity index is 1.27. The normalized spacial score (nSPS) is 14.0. The van der Waals surface area contributed by atoms with Crippen molar-refractivity contribution in [2.45, 2.75) is 0 Å². The van der Waals surface area contributed by atoms with E-state index in [2.05, 4.69) is 25.4 Å². The second-order valence-corrected chi connectivity index (χ2v) is 6.65. The van der Waals surface area contributed by atoms with Crippen LogP contribution < -0.4 is 15.8 Å². The minimum absolute atomic E-state index is 0.141. The molecule has 1 aliphatic rings. The number of amides is 1. The van der Waals surface area contributed by atoms with Gasteiger partial charge in [-0.2, -0.15) is 5.10 Å². The zero-order valence-electron chi connectivity index (χ0n) is 15.1. The van der Waals surface area contributed by atoms with E-state index >= 15 is 0 Å². The van der Waals surface area contributed by atoms with Crippen LogP contribution in [0.15, 0.2) is 64.6 Å². The van der Waals surface area contributed by atoms with Crippen molar-refractivity contribution in [3.05, 3.63) is 65.8 Å². The van der Waals surface area contributed by atoms with Crippen molar-refractivity contribution in [3.63, 3.8) is 0 Å².